The lowest BCUT2D eigenvalue weighted by Crippen LogP contribution is -2.60. The van der Waals surface area contributed by atoms with E-state index in [0.717, 1.165) is 38.5 Å². The van der Waals surface area contributed by atoms with E-state index in [-0.39, 0.29) is 19.4 Å². The monoisotopic (exact) mass is 959 g/mol. The highest BCUT2D eigenvalue weighted by molar-refractivity contribution is 7.85. The third-order valence-electron chi connectivity index (χ3n) is 12.6. The van der Waals surface area contributed by atoms with Crippen molar-refractivity contribution in [3.63, 3.8) is 0 Å². The third-order valence-corrected chi connectivity index (χ3v) is 13.4. The maximum Gasteiger partial charge on any atom is 0.306 e. The van der Waals surface area contributed by atoms with Crippen LogP contribution in [0.25, 0.3) is 0 Å². The minimum Gasteiger partial charge on any atom is -0.462 e. The second kappa shape index (κ2) is 43.2. The Morgan fingerprint density at radius 3 is 1.41 bits per heavy atom. The van der Waals surface area contributed by atoms with E-state index in [2.05, 4.69) is 25.7 Å². The molecule has 0 aromatic heterocycles. The molecule has 0 saturated carbocycles. The lowest BCUT2D eigenvalue weighted by atomic mass is 10.00. The molecule has 4 N–H and O–H groups in total. The molecule has 0 spiro atoms. The highest BCUT2D eigenvalue weighted by Crippen LogP contribution is 2.24. The second-order valence-electron chi connectivity index (χ2n) is 19.0. The fourth-order valence-electron chi connectivity index (χ4n) is 8.49. The molecule has 0 aromatic carbocycles. The number of hydrogen-bond donors (Lipinski definition) is 4. The highest BCUT2D eigenvalue weighted by Gasteiger charge is 2.46. The first-order valence-corrected chi connectivity index (χ1v) is 28.5. The summed E-state index contributed by atoms with van der Waals surface area (Å²) in [5.41, 5.74) is 0. The number of rotatable bonds is 47. The van der Waals surface area contributed by atoms with Crippen LogP contribution in [0.4, 0.5) is 0 Å². The number of carbonyl (C=O) groups is 2. The molecule has 1 saturated heterocycles. The van der Waals surface area contributed by atoms with E-state index < -0.39 is 71.2 Å². The van der Waals surface area contributed by atoms with Crippen LogP contribution >= 0.6 is 0 Å². The quantitative estimate of drug-likeness (QED) is 0.0196. The summed E-state index contributed by atoms with van der Waals surface area (Å²) in [7, 11) is -4.61. The van der Waals surface area contributed by atoms with Crippen LogP contribution in [0.15, 0.2) is 24.8 Å². The lowest BCUT2D eigenvalue weighted by molar-refractivity contribution is -0.297. The molecular formula is C53H98O12S. The summed E-state index contributed by atoms with van der Waals surface area (Å²) in [6, 6.07) is 0. The molecular weight excluding hydrogens is 861 g/mol. The van der Waals surface area contributed by atoms with Crippen LogP contribution in [0.5, 0.6) is 0 Å². The number of allylic oxidation sites excluding steroid dienone is 3. The van der Waals surface area contributed by atoms with E-state index in [4.69, 9.17) is 18.9 Å². The van der Waals surface area contributed by atoms with Gasteiger partial charge in [0.1, 0.15) is 36.8 Å². The molecule has 66 heavy (non-hydrogen) atoms. The van der Waals surface area contributed by atoms with Crippen LogP contribution < -0.4 is 0 Å². The Balaban J connectivity index is 2.33. The van der Waals surface area contributed by atoms with E-state index in [1.165, 1.54) is 167 Å². The zero-order valence-corrected chi connectivity index (χ0v) is 42.5. The Bertz CT molecular complexity index is 1290. The maximum atomic E-state index is 12.9. The van der Waals surface area contributed by atoms with Crippen molar-refractivity contribution < 1.29 is 56.8 Å². The predicted molar refractivity (Wildman–Crippen MR) is 266 cm³/mol. The first kappa shape index (κ1) is 62.1. The first-order chi connectivity index (χ1) is 32.0. The lowest BCUT2D eigenvalue weighted by Gasteiger charge is -2.40. The van der Waals surface area contributed by atoms with Crippen LogP contribution in [-0.2, 0) is 38.7 Å². The average molecular weight is 959 g/mol. The topological polar surface area (TPSA) is 186 Å². The molecule has 0 bridgehead atoms. The van der Waals surface area contributed by atoms with Gasteiger partial charge in [-0.25, -0.2) is 0 Å². The Labute approximate surface area is 402 Å². The van der Waals surface area contributed by atoms with Gasteiger partial charge in [0.15, 0.2) is 12.4 Å². The van der Waals surface area contributed by atoms with Crippen molar-refractivity contribution in [2.24, 2.45) is 0 Å². The van der Waals surface area contributed by atoms with Gasteiger partial charge < -0.3 is 34.3 Å². The molecule has 0 aromatic rings. The largest absolute Gasteiger partial charge is 0.462 e. The van der Waals surface area contributed by atoms with Gasteiger partial charge >= 0.3 is 11.9 Å². The third kappa shape index (κ3) is 37.1. The molecule has 1 aliphatic heterocycles. The van der Waals surface area contributed by atoms with E-state index in [0.29, 0.717) is 19.3 Å². The van der Waals surface area contributed by atoms with Crippen molar-refractivity contribution in [3.8, 4) is 0 Å². The van der Waals surface area contributed by atoms with E-state index in [1.807, 2.05) is 6.08 Å². The van der Waals surface area contributed by atoms with Gasteiger partial charge in [-0.15, -0.1) is 6.58 Å². The minimum atomic E-state index is -4.61. The molecule has 0 amide bonds. The molecule has 6 atom stereocenters. The zero-order chi connectivity index (χ0) is 48.4. The highest BCUT2D eigenvalue weighted by atomic mass is 32.2. The number of unbranched alkanes of at least 4 members (excludes halogenated alkanes) is 32. The number of hydrogen-bond acceptors (Lipinski definition) is 11. The average Bonchev–Trinajstić information content (AvgIpc) is 3.28. The van der Waals surface area contributed by atoms with Crippen molar-refractivity contribution in [3.05, 3.63) is 24.8 Å². The molecule has 0 aliphatic carbocycles. The molecule has 1 fully saturated rings. The zero-order valence-electron chi connectivity index (χ0n) is 41.7. The minimum absolute atomic E-state index is 0.119. The Hall–Kier alpha value is -1.87. The van der Waals surface area contributed by atoms with Crippen LogP contribution in [0.3, 0.4) is 0 Å². The van der Waals surface area contributed by atoms with Gasteiger partial charge in [0.05, 0.1) is 6.61 Å². The summed E-state index contributed by atoms with van der Waals surface area (Å²) >= 11 is 0. The molecule has 2 unspecified atom stereocenters. The van der Waals surface area contributed by atoms with Crippen molar-refractivity contribution >= 4 is 22.1 Å². The van der Waals surface area contributed by atoms with Gasteiger partial charge in [-0.2, -0.15) is 8.42 Å². The fraction of sp³-hybridized carbons (Fsp3) is 0.887. The summed E-state index contributed by atoms with van der Waals surface area (Å²) < 4.78 is 54.2. The standard InChI is InChI=1S/C53H98O12S/c1-3-5-7-9-11-13-15-17-19-20-21-22-23-24-25-26-28-30-32-34-36-38-40-42-49(55)64-46(44-63-53-52(58)51(57)50(56)47(65-53)45-66(59,60)61)43-62-48(54)41-39-37-35-33-31-29-27-18-16-14-12-10-8-6-4-2/h4,34,36,46-47,50-53,56-58H,2-3,5-33,35,37-45H2,1H3,(H,59,60,61)/b36-34+/t46-,47-,50-,51?,52?,53+/m1/s1. The van der Waals surface area contributed by atoms with Crippen LogP contribution in [-0.4, -0.2) is 96.0 Å². The number of aliphatic hydroxyl groups excluding tert-OH is 3. The van der Waals surface area contributed by atoms with Crippen molar-refractivity contribution in [1.29, 1.82) is 0 Å². The Kier molecular flexibility index (Phi) is 40.7. The molecule has 0 radical (unpaired) electrons. The van der Waals surface area contributed by atoms with E-state index in [1.54, 1.807) is 0 Å². The molecule has 388 valence electrons. The van der Waals surface area contributed by atoms with Crippen LogP contribution in [0.2, 0.25) is 0 Å². The van der Waals surface area contributed by atoms with Gasteiger partial charge in [-0.05, 0) is 44.9 Å². The summed E-state index contributed by atoms with van der Waals surface area (Å²) in [5, 5.41) is 31.0. The number of aliphatic hydroxyl groups is 3. The maximum absolute atomic E-state index is 12.9. The smallest absolute Gasteiger partial charge is 0.306 e. The van der Waals surface area contributed by atoms with Gasteiger partial charge in [0, 0.05) is 12.8 Å². The van der Waals surface area contributed by atoms with E-state index in [9.17, 15) is 37.9 Å². The molecule has 1 heterocycles. The van der Waals surface area contributed by atoms with Crippen LogP contribution in [0, 0.1) is 0 Å². The van der Waals surface area contributed by atoms with Crippen LogP contribution in [0.1, 0.15) is 244 Å². The molecule has 12 nitrogen and oxygen atoms in total. The fourth-order valence-corrected chi connectivity index (χ4v) is 9.18. The second-order valence-corrected chi connectivity index (χ2v) is 20.5. The van der Waals surface area contributed by atoms with Gasteiger partial charge in [0.2, 0.25) is 0 Å². The SMILES string of the molecule is C=CCCCCCCCCCCCCCCCC(=O)OC[C@H](CO[C@H]1O[C@H](CS(=O)(=O)O)[C@@H](O)C(O)C1O)OC(=O)CCC/C=C/CCCCCCCCCCCCCCCCCCCC. The Morgan fingerprint density at radius 1 is 0.545 bits per heavy atom. The molecule has 1 aliphatic rings. The number of esters is 2. The van der Waals surface area contributed by atoms with Crippen molar-refractivity contribution in [2.45, 2.75) is 281 Å². The van der Waals surface area contributed by atoms with Gasteiger partial charge in [-0.1, -0.05) is 205 Å². The van der Waals surface area contributed by atoms with E-state index >= 15 is 0 Å². The molecule has 13 heteroatoms. The summed E-state index contributed by atoms with van der Waals surface area (Å²) in [6.07, 6.45) is 39.8. The molecule has 1 rings (SSSR count). The van der Waals surface area contributed by atoms with Crippen molar-refractivity contribution in [1.82, 2.24) is 0 Å². The van der Waals surface area contributed by atoms with Gasteiger partial charge in [-0.3, -0.25) is 14.1 Å². The summed E-state index contributed by atoms with van der Waals surface area (Å²) in [5.74, 6) is -2.01. The van der Waals surface area contributed by atoms with Gasteiger partial charge in [0.25, 0.3) is 10.1 Å². The number of ether oxygens (including phenoxy) is 4. The predicted octanol–water partition coefficient (Wildman–Crippen LogP) is 12.3. The Morgan fingerprint density at radius 2 is 0.955 bits per heavy atom. The van der Waals surface area contributed by atoms with Crippen molar-refractivity contribution in [2.75, 3.05) is 19.0 Å². The summed E-state index contributed by atoms with van der Waals surface area (Å²) in [6.45, 7) is 5.31. The normalized spacial score (nSPS) is 19.3. The first-order valence-electron chi connectivity index (χ1n) is 26.9. The number of carbonyl (C=O) groups excluding carboxylic acids is 2. The summed E-state index contributed by atoms with van der Waals surface area (Å²) in [4.78, 5) is 25.5.